The van der Waals surface area contributed by atoms with Gasteiger partial charge >= 0.3 is 0 Å². The molecular weight excluding hydrogens is 260 g/mol. The molecule has 0 unspecified atom stereocenters. The van der Waals surface area contributed by atoms with Crippen molar-refractivity contribution in [1.82, 2.24) is 0 Å². The van der Waals surface area contributed by atoms with Crippen LogP contribution in [0.5, 0.6) is 0 Å². The van der Waals surface area contributed by atoms with Gasteiger partial charge in [-0.1, -0.05) is 37.0 Å². The van der Waals surface area contributed by atoms with Crippen molar-refractivity contribution in [3.8, 4) is 0 Å². The average molecular weight is 282 g/mol. The number of aliphatic hydroxyl groups is 1. The van der Waals surface area contributed by atoms with Gasteiger partial charge in [0.2, 0.25) is 0 Å². The number of hydrogen-bond donors (Lipinski definition) is 1. The lowest BCUT2D eigenvalue weighted by molar-refractivity contribution is 0.103. The van der Waals surface area contributed by atoms with Crippen molar-refractivity contribution in [3.05, 3.63) is 29.8 Å². The zero-order valence-electron chi connectivity index (χ0n) is 11.4. The molecule has 1 aromatic rings. The minimum absolute atomic E-state index is 0.147. The third-order valence-corrected chi connectivity index (χ3v) is 5.74. The fourth-order valence-corrected chi connectivity index (χ4v) is 4.19. The second-order valence-electron chi connectivity index (χ2n) is 5.56. The van der Waals surface area contributed by atoms with Gasteiger partial charge in [0.05, 0.1) is 16.8 Å². The zero-order chi connectivity index (χ0) is 13.9. The van der Waals surface area contributed by atoms with E-state index in [0.29, 0.717) is 4.90 Å². The van der Waals surface area contributed by atoms with Crippen LogP contribution in [0.1, 0.15) is 37.7 Å². The van der Waals surface area contributed by atoms with Gasteiger partial charge < -0.3 is 5.11 Å². The van der Waals surface area contributed by atoms with Crippen LogP contribution in [0.15, 0.2) is 29.2 Å². The van der Waals surface area contributed by atoms with Crippen LogP contribution >= 0.6 is 0 Å². The number of rotatable bonds is 4. The molecule has 0 bridgehead atoms. The van der Waals surface area contributed by atoms with Gasteiger partial charge in [-0.05, 0) is 37.8 Å². The van der Waals surface area contributed by atoms with Crippen molar-refractivity contribution in [2.45, 2.75) is 50.0 Å². The Morgan fingerprint density at radius 2 is 1.74 bits per heavy atom. The maximum atomic E-state index is 12.2. The number of sulfone groups is 1. The fourth-order valence-electron chi connectivity index (χ4n) is 2.72. The van der Waals surface area contributed by atoms with E-state index < -0.39 is 15.9 Å². The van der Waals surface area contributed by atoms with Gasteiger partial charge in [0.25, 0.3) is 0 Å². The van der Waals surface area contributed by atoms with E-state index >= 15 is 0 Å². The Balaban J connectivity index is 2.05. The van der Waals surface area contributed by atoms with Crippen LogP contribution < -0.4 is 0 Å². The number of aryl methyl sites for hydroxylation is 1. The van der Waals surface area contributed by atoms with E-state index in [1.54, 1.807) is 24.3 Å². The maximum Gasteiger partial charge on any atom is 0.180 e. The van der Waals surface area contributed by atoms with E-state index in [4.69, 9.17) is 0 Å². The number of benzene rings is 1. The van der Waals surface area contributed by atoms with E-state index in [9.17, 15) is 13.5 Å². The molecule has 0 spiro atoms. The third-order valence-electron chi connectivity index (χ3n) is 3.96. The fraction of sp³-hybridized carbons (Fsp3) is 0.600. The van der Waals surface area contributed by atoms with Crippen LogP contribution in [-0.2, 0) is 9.84 Å². The van der Waals surface area contributed by atoms with Crippen molar-refractivity contribution in [2.24, 2.45) is 5.92 Å². The van der Waals surface area contributed by atoms with Gasteiger partial charge in [0.15, 0.2) is 9.84 Å². The highest BCUT2D eigenvalue weighted by Gasteiger charge is 2.27. The molecule has 3 nitrogen and oxygen atoms in total. The quantitative estimate of drug-likeness (QED) is 0.924. The number of hydrogen-bond acceptors (Lipinski definition) is 3. The molecule has 106 valence electrons. The SMILES string of the molecule is Cc1ccc(S(=O)(=O)C[C@@H](O)C2CCCCC2)cc1. The van der Waals surface area contributed by atoms with Gasteiger partial charge in [-0.3, -0.25) is 0 Å². The predicted octanol–water partition coefficient (Wildman–Crippen LogP) is 2.71. The first-order valence-corrected chi connectivity index (χ1v) is 8.62. The predicted molar refractivity (Wildman–Crippen MR) is 75.8 cm³/mol. The highest BCUT2D eigenvalue weighted by Crippen LogP contribution is 2.28. The molecule has 1 saturated carbocycles. The first-order valence-electron chi connectivity index (χ1n) is 6.96. The molecule has 0 heterocycles. The Bertz CT molecular complexity index is 499. The summed E-state index contributed by atoms with van der Waals surface area (Å²) < 4.78 is 24.5. The van der Waals surface area contributed by atoms with Gasteiger partial charge in [-0.15, -0.1) is 0 Å². The van der Waals surface area contributed by atoms with Gasteiger partial charge in [-0.25, -0.2) is 8.42 Å². The Morgan fingerprint density at radius 1 is 1.16 bits per heavy atom. The van der Waals surface area contributed by atoms with Crippen molar-refractivity contribution >= 4 is 9.84 Å². The molecule has 0 saturated heterocycles. The minimum atomic E-state index is -3.38. The van der Waals surface area contributed by atoms with Gasteiger partial charge in [0, 0.05) is 0 Å². The first kappa shape index (κ1) is 14.5. The van der Waals surface area contributed by atoms with E-state index in [1.165, 1.54) is 6.42 Å². The van der Waals surface area contributed by atoms with Crippen LogP contribution in [-0.4, -0.2) is 25.4 Å². The molecule has 1 aliphatic rings. The molecule has 1 N–H and O–H groups in total. The van der Waals surface area contributed by atoms with Crippen molar-refractivity contribution < 1.29 is 13.5 Å². The lowest BCUT2D eigenvalue weighted by Crippen LogP contribution is -2.30. The molecule has 1 atom stereocenters. The largest absolute Gasteiger partial charge is 0.392 e. The Labute approximate surface area is 115 Å². The maximum absolute atomic E-state index is 12.2. The second kappa shape index (κ2) is 6.06. The van der Waals surface area contributed by atoms with Crippen LogP contribution in [0, 0.1) is 12.8 Å². The summed E-state index contributed by atoms with van der Waals surface area (Å²) in [5.74, 6) is -0.00486. The molecule has 4 heteroatoms. The van der Waals surface area contributed by atoms with Crippen LogP contribution in [0.2, 0.25) is 0 Å². The monoisotopic (exact) mass is 282 g/mol. The minimum Gasteiger partial charge on any atom is -0.392 e. The summed E-state index contributed by atoms with van der Waals surface area (Å²) in [7, 11) is -3.38. The summed E-state index contributed by atoms with van der Waals surface area (Å²) in [4.78, 5) is 0.313. The normalized spacial score (nSPS) is 19.3. The van der Waals surface area contributed by atoms with Crippen molar-refractivity contribution in [3.63, 3.8) is 0 Å². The van der Waals surface area contributed by atoms with Crippen molar-refractivity contribution in [1.29, 1.82) is 0 Å². The van der Waals surface area contributed by atoms with Gasteiger partial charge in [-0.2, -0.15) is 0 Å². The first-order chi connectivity index (χ1) is 8.99. The third kappa shape index (κ3) is 3.80. The molecule has 0 amide bonds. The molecule has 2 rings (SSSR count). The second-order valence-corrected chi connectivity index (χ2v) is 7.59. The van der Waals surface area contributed by atoms with E-state index in [-0.39, 0.29) is 11.7 Å². The molecule has 1 aliphatic carbocycles. The van der Waals surface area contributed by atoms with Gasteiger partial charge in [0.1, 0.15) is 0 Å². The molecule has 1 fully saturated rings. The van der Waals surface area contributed by atoms with E-state index in [0.717, 1.165) is 31.2 Å². The van der Waals surface area contributed by atoms with E-state index in [2.05, 4.69) is 0 Å². The highest BCUT2D eigenvalue weighted by molar-refractivity contribution is 7.91. The lowest BCUT2D eigenvalue weighted by atomic mass is 9.86. The zero-order valence-corrected chi connectivity index (χ0v) is 12.2. The molecule has 0 radical (unpaired) electrons. The lowest BCUT2D eigenvalue weighted by Gasteiger charge is -2.26. The Morgan fingerprint density at radius 3 is 2.32 bits per heavy atom. The molecule has 1 aromatic carbocycles. The molecule has 0 aliphatic heterocycles. The summed E-state index contributed by atoms with van der Waals surface area (Å²) in [6.07, 6.45) is 4.58. The van der Waals surface area contributed by atoms with Crippen LogP contribution in [0.3, 0.4) is 0 Å². The smallest absolute Gasteiger partial charge is 0.180 e. The summed E-state index contributed by atoms with van der Waals surface area (Å²) in [5.41, 5.74) is 1.03. The number of aliphatic hydroxyl groups excluding tert-OH is 1. The van der Waals surface area contributed by atoms with E-state index in [1.807, 2.05) is 6.92 Å². The van der Waals surface area contributed by atoms with Crippen LogP contribution in [0.25, 0.3) is 0 Å². The summed E-state index contributed by atoms with van der Waals surface area (Å²) in [5, 5.41) is 10.1. The standard InChI is InChI=1S/C15H22O3S/c1-12-7-9-14(10-8-12)19(17,18)11-15(16)13-5-3-2-4-6-13/h7-10,13,15-16H,2-6,11H2,1H3/t15-/m1/s1. The van der Waals surface area contributed by atoms with Crippen LogP contribution in [0.4, 0.5) is 0 Å². The summed E-state index contributed by atoms with van der Waals surface area (Å²) in [6.45, 7) is 1.92. The average Bonchev–Trinajstić information content (AvgIpc) is 2.40. The molecule has 19 heavy (non-hydrogen) atoms. The summed E-state index contributed by atoms with van der Waals surface area (Å²) >= 11 is 0. The van der Waals surface area contributed by atoms with Crippen molar-refractivity contribution in [2.75, 3.05) is 5.75 Å². The Hall–Kier alpha value is -0.870. The summed E-state index contributed by atoms with van der Waals surface area (Å²) in [6, 6.07) is 6.83. The highest BCUT2D eigenvalue weighted by atomic mass is 32.2. The Kier molecular flexibility index (Phi) is 4.63. The molecule has 0 aromatic heterocycles. The molecular formula is C15H22O3S. The topological polar surface area (TPSA) is 54.4 Å².